The Morgan fingerprint density at radius 3 is 2.67 bits per heavy atom. The van der Waals surface area contributed by atoms with Gasteiger partial charge >= 0.3 is 0 Å². The van der Waals surface area contributed by atoms with Gasteiger partial charge in [0.1, 0.15) is 0 Å². The average Bonchev–Trinajstić information content (AvgIpc) is 2.22. The average molecular weight is 269 g/mol. The van der Waals surface area contributed by atoms with E-state index in [0.717, 1.165) is 10.2 Å². The second-order valence-corrected chi connectivity index (χ2v) is 3.89. The van der Waals surface area contributed by atoms with Gasteiger partial charge in [0, 0.05) is 16.7 Å². The molecule has 2 N–H and O–H groups in total. The number of nitrogens with one attached hydrogen (secondary N) is 2. The number of benzene rings is 1. The molecule has 0 aliphatic heterocycles. The molecule has 1 amide bonds. The van der Waals surface area contributed by atoms with Crippen LogP contribution >= 0.6 is 15.9 Å². The van der Waals surface area contributed by atoms with Gasteiger partial charge in [-0.15, -0.1) is 6.58 Å². The Kier molecular flexibility index (Phi) is 5.07. The van der Waals surface area contributed by atoms with Crippen molar-refractivity contribution in [3.8, 4) is 0 Å². The number of anilines is 1. The van der Waals surface area contributed by atoms with Crippen molar-refractivity contribution in [2.75, 3.05) is 18.4 Å². The van der Waals surface area contributed by atoms with Crippen LogP contribution in [0, 0.1) is 0 Å². The van der Waals surface area contributed by atoms with Gasteiger partial charge in [-0.3, -0.25) is 4.79 Å². The van der Waals surface area contributed by atoms with E-state index in [0.29, 0.717) is 13.1 Å². The maximum atomic E-state index is 11.4. The van der Waals surface area contributed by atoms with Gasteiger partial charge in [-0.05, 0) is 24.3 Å². The summed E-state index contributed by atoms with van der Waals surface area (Å²) in [5.41, 5.74) is 0.795. The molecule has 1 aromatic rings. The fourth-order valence-corrected chi connectivity index (χ4v) is 1.29. The summed E-state index contributed by atoms with van der Waals surface area (Å²) in [5.74, 6) is -0.0563. The van der Waals surface area contributed by atoms with Crippen molar-refractivity contribution in [3.63, 3.8) is 0 Å². The van der Waals surface area contributed by atoms with E-state index in [1.165, 1.54) is 0 Å². The van der Waals surface area contributed by atoms with Crippen LogP contribution in [0.4, 0.5) is 5.69 Å². The molecule has 0 saturated heterocycles. The maximum Gasteiger partial charge on any atom is 0.238 e. The van der Waals surface area contributed by atoms with Gasteiger partial charge in [0.2, 0.25) is 5.91 Å². The number of hydrogen-bond acceptors (Lipinski definition) is 2. The molecular formula is C11H13BrN2O. The molecule has 0 aromatic heterocycles. The first-order valence-electron chi connectivity index (χ1n) is 4.59. The minimum atomic E-state index is -0.0563. The predicted molar refractivity (Wildman–Crippen MR) is 65.8 cm³/mol. The van der Waals surface area contributed by atoms with Crippen molar-refractivity contribution >= 4 is 27.5 Å². The largest absolute Gasteiger partial charge is 0.325 e. The second-order valence-electron chi connectivity index (χ2n) is 2.97. The molecule has 0 fully saturated rings. The summed E-state index contributed by atoms with van der Waals surface area (Å²) < 4.78 is 0.991. The van der Waals surface area contributed by atoms with Crippen molar-refractivity contribution in [3.05, 3.63) is 41.4 Å². The molecule has 0 atom stereocenters. The number of halogens is 1. The third-order valence-electron chi connectivity index (χ3n) is 1.70. The molecule has 0 saturated carbocycles. The van der Waals surface area contributed by atoms with Crippen LogP contribution in [0.25, 0.3) is 0 Å². The number of carbonyl (C=O) groups excluding carboxylic acids is 1. The first kappa shape index (κ1) is 11.9. The quantitative estimate of drug-likeness (QED) is 0.635. The number of rotatable bonds is 5. The molecule has 1 rings (SSSR count). The van der Waals surface area contributed by atoms with Crippen LogP contribution in [0.15, 0.2) is 41.4 Å². The first-order valence-corrected chi connectivity index (χ1v) is 5.38. The van der Waals surface area contributed by atoms with Gasteiger partial charge in [0.05, 0.1) is 6.54 Å². The van der Waals surface area contributed by atoms with Crippen molar-refractivity contribution in [2.24, 2.45) is 0 Å². The predicted octanol–water partition coefficient (Wildman–Crippen LogP) is 2.16. The van der Waals surface area contributed by atoms with E-state index < -0.39 is 0 Å². The zero-order valence-electron chi connectivity index (χ0n) is 8.29. The molecule has 0 bridgehead atoms. The summed E-state index contributed by atoms with van der Waals surface area (Å²) in [5, 5.41) is 5.70. The Balaban J connectivity index is 2.37. The van der Waals surface area contributed by atoms with Crippen LogP contribution < -0.4 is 10.6 Å². The van der Waals surface area contributed by atoms with Gasteiger partial charge in [0.25, 0.3) is 0 Å². The lowest BCUT2D eigenvalue weighted by Crippen LogP contribution is -2.27. The van der Waals surface area contributed by atoms with E-state index in [1.54, 1.807) is 6.08 Å². The highest BCUT2D eigenvalue weighted by molar-refractivity contribution is 9.10. The third-order valence-corrected chi connectivity index (χ3v) is 2.23. The molecule has 80 valence electrons. The van der Waals surface area contributed by atoms with Crippen molar-refractivity contribution < 1.29 is 4.79 Å². The van der Waals surface area contributed by atoms with Crippen LogP contribution in [0.5, 0.6) is 0 Å². The molecule has 0 unspecified atom stereocenters. The first-order chi connectivity index (χ1) is 7.22. The topological polar surface area (TPSA) is 41.1 Å². The molecule has 3 nitrogen and oxygen atoms in total. The molecule has 0 aliphatic carbocycles. The van der Waals surface area contributed by atoms with Gasteiger partial charge in [-0.1, -0.05) is 22.0 Å². The van der Waals surface area contributed by atoms with Crippen molar-refractivity contribution in [2.45, 2.75) is 0 Å². The Morgan fingerprint density at radius 2 is 2.07 bits per heavy atom. The van der Waals surface area contributed by atoms with Gasteiger partial charge in [-0.25, -0.2) is 0 Å². The van der Waals surface area contributed by atoms with Crippen LogP contribution in [0.1, 0.15) is 0 Å². The van der Waals surface area contributed by atoms with E-state index in [1.807, 2.05) is 24.3 Å². The van der Waals surface area contributed by atoms with Crippen molar-refractivity contribution in [1.82, 2.24) is 5.32 Å². The summed E-state index contributed by atoms with van der Waals surface area (Å²) in [4.78, 5) is 11.4. The highest BCUT2D eigenvalue weighted by atomic mass is 79.9. The lowest BCUT2D eigenvalue weighted by molar-refractivity contribution is -0.115. The van der Waals surface area contributed by atoms with Crippen molar-refractivity contribution in [1.29, 1.82) is 0 Å². The number of hydrogen-bond donors (Lipinski definition) is 2. The molecule has 15 heavy (non-hydrogen) atoms. The standard InChI is InChI=1S/C11H13BrN2O/c1-2-7-13-8-11(15)14-10-5-3-9(12)4-6-10/h2-6,13H,1,7-8H2,(H,14,15). The smallest absolute Gasteiger partial charge is 0.238 e. The number of carbonyl (C=O) groups is 1. The summed E-state index contributed by atoms with van der Waals surface area (Å²) in [6, 6.07) is 7.45. The minimum absolute atomic E-state index is 0.0563. The molecule has 1 aromatic carbocycles. The van der Waals surface area contributed by atoms with Gasteiger partial charge in [-0.2, -0.15) is 0 Å². The summed E-state index contributed by atoms with van der Waals surface area (Å²) in [6.45, 7) is 4.48. The second kappa shape index (κ2) is 6.37. The van der Waals surface area contributed by atoms with E-state index in [2.05, 4.69) is 33.1 Å². The molecule has 0 spiro atoms. The zero-order chi connectivity index (χ0) is 11.1. The lowest BCUT2D eigenvalue weighted by Gasteiger charge is -2.05. The minimum Gasteiger partial charge on any atom is -0.325 e. The third kappa shape index (κ3) is 4.76. The van der Waals surface area contributed by atoms with Crippen LogP contribution in [0.2, 0.25) is 0 Å². The highest BCUT2D eigenvalue weighted by Crippen LogP contribution is 2.13. The Labute approximate surface area is 97.7 Å². The van der Waals surface area contributed by atoms with E-state index >= 15 is 0 Å². The molecular weight excluding hydrogens is 256 g/mol. The Bertz CT molecular complexity index is 335. The zero-order valence-corrected chi connectivity index (χ0v) is 9.88. The van der Waals surface area contributed by atoms with E-state index in [-0.39, 0.29) is 5.91 Å². The maximum absolute atomic E-state index is 11.4. The monoisotopic (exact) mass is 268 g/mol. The molecule has 4 heteroatoms. The molecule has 0 radical (unpaired) electrons. The Hall–Kier alpha value is -1.13. The molecule has 0 aliphatic rings. The van der Waals surface area contributed by atoms with E-state index in [4.69, 9.17) is 0 Å². The van der Waals surface area contributed by atoms with Gasteiger partial charge in [0.15, 0.2) is 0 Å². The summed E-state index contributed by atoms with van der Waals surface area (Å²) >= 11 is 3.33. The highest BCUT2D eigenvalue weighted by Gasteiger charge is 2.00. The van der Waals surface area contributed by atoms with E-state index in [9.17, 15) is 4.79 Å². The summed E-state index contributed by atoms with van der Waals surface area (Å²) in [6.07, 6.45) is 1.72. The van der Waals surface area contributed by atoms with Gasteiger partial charge < -0.3 is 10.6 Å². The fraction of sp³-hybridized carbons (Fsp3) is 0.182. The van der Waals surface area contributed by atoms with Crippen LogP contribution in [-0.2, 0) is 4.79 Å². The van der Waals surface area contributed by atoms with Crippen LogP contribution in [0.3, 0.4) is 0 Å². The lowest BCUT2D eigenvalue weighted by atomic mass is 10.3. The molecule has 0 heterocycles. The Morgan fingerprint density at radius 1 is 1.40 bits per heavy atom. The number of amides is 1. The normalized spacial score (nSPS) is 9.67. The SMILES string of the molecule is C=CCNCC(=O)Nc1ccc(Br)cc1. The fourth-order valence-electron chi connectivity index (χ4n) is 1.03. The van der Waals surface area contributed by atoms with Crippen LogP contribution in [-0.4, -0.2) is 19.0 Å². The summed E-state index contributed by atoms with van der Waals surface area (Å²) in [7, 11) is 0.